The number of hydroxylamine groups is 2. The van der Waals surface area contributed by atoms with E-state index in [1.165, 1.54) is 31.4 Å². The van der Waals surface area contributed by atoms with Crippen molar-refractivity contribution in [1.29, 1.82) is 0 Å². The molecule has 0 saturated carbocycles. The number of ether oxygens (including phenoxy) is 1. The first-order valence-corrected chi connectivity index (χ1v) is 7.45. The molecule has 0 bridgehead atoms. The van der Waals surface area contributed by atoms with Crippen molar-refractivity contribution in [3.63, 3.8) is 0 Å². The van der Waals surface area contributed by atoms with Crippen LogP contribution in [-0.4, -0.2) is 58.3 Å². The molecule has 0 aliphatic rings. The Morgan fingerprint density at radius 3 is 2.26 bits per heavy atom. The molecule has 1 rings (SSSR count). The topological polar surface area (TPSA) is 76.1 Å². The van der Waals surface area contributed by atoms with E-state index in [2.05, 4.69) is 0 Å². The van der Waals surface area contributed by atoms with Crippen LogP contribution in [0.1, 0.15) is 0 Å². The zero-order valence-electron chi connectivity index (χ0n) is 11.1. The Kier molecular flexibility index (Phi) is 6.23. The average Bonchev–Trinajstić information content (AvgIpc) is 2.43. The fourth-order valence-corrected chi connectivity index (χ4v) is 2.76. The number of hydrogen-bond donors (Lipinski definition) is 1. The van der Waals surface area contributed by atoms with E-state index in [-0.39, 0.29) is 30.3 Å². The molecule has 0 fully saturated rings. The molecule has 7 heteroatoms. The monoisotopic (exact) mass is 289 g/mol. The van der Waals surface area contributed by atoms with Gasteiger partial charge in [0.2, 0.25) is 0 Å². The highest BCUT2D eigenvalue weighted by atomic mass is 32.2. The Morgan fingerprint density at radius 1 is 1.16 bits per heavy atom. The van der Waals surface area contributed by atoms with Crippen molar-refractivity contribution in [2.45, 2.75) is 4.90 Å². The second-order valence-corrected chi connectivity index (χ2v) is 5.94. The normalized spacial score (nSPS) is 11.8. The summed E-state index contributed by atoms with van der Waals surface area (Å²) in [4.78, 5) is 5.19. The van der Waals surface area contributed by atoms with Crippen LogP contribution in [0.25, 0.3) is 0 Å². The maximum absolute atomic E-state index is 12.1. The van der Waals surface area contributed by atoms with E-state index >= 15 is 0 Å². The predicted octanol–water partition coefficient (Wildman–Crippen LogP) is 0.325. The van der Waals surface area contributed by atoms with E-state index in [1.807, 2.05) is 0 Å². The third kappa shape index (κ3) is 4.79. The van der Waals surface area contributed by atoms with Gasteiger partial charge in [-0.15, -0.1) is 0 Å². The molecular weight excluding hydrogens is 270 g/mol. The third-order valence-electron chi connectivity index (χ3n) is 2.64. The minimum absolute atomic E-state index is 0.0762. The van der Waals surface area contributed by atoms with E-state index in [9.17, 15) is 8.42 Å². The summed E-state index contributed by atoms with van der Waals surface area (Å²) in [5.74, 6) is 0.533. The van der Waals surface area contributed by atoms with Crippen LogP contribution in [0.4, 0.5) is 0 Å². The lowest BCUT2D eigenvalue weighted by Gasteiger charge is -2.18. The lowest BCUT2D eigenvalue weighted by atomic mass is 10.3. The van der Waals surface area contributed by atoms with Crippen LogP contribution in [-0.2, 0) is 14.7 Å². The molecule has 0 heterocycles. The first-order valence-electron chi connectivity index (χ1n) is 5.80. The standard InChI is InChI=1S/C12H19NO5S/c1-17-11-3-5-12(6-4-11)19(15,16)10-8-13(18-2)7-9-14/h3-6,14H,7-10H2,1-2H3. The number of aliphatic hydroxyl groups is 1. The van der Waals surface area contributed by atoms with Crippen molar-refractivity contribution in [2.24, 2.45) is 0 Å². The zero-order valence-corrected chi connectivity index (χ0v) is 11.9. The number of sulfone groups is 1. The van der Waals surface area contributed by atoms with Crippen LogP contribution in [0.3, 0.4) is 0 Å². The van der Waals surface area contributed by atoms with Crippen LogP contribution in [0.15, 0.2) is 29.2 Å². The lowest BCUT2D eigenvalue weighted by Crippen LogP contribution is -2.31. The Labute approximate surface area is 113 Å². The molecule has 0 unspecified atom stereocenters. The molecule has 0 amide bonds. The van der Waals surface area contributed by atoms with E-state index in [4.69, 9.17) is 14.7 Å². The number of rotatable bonds is 8. The molecule has 1 aromatic carbocycles. The number of methoxy groups -OCH3 is 1. The molecule has 6 nitrogen and oxygen atoms in total. The maximum Gasteiger partial charge on any atom is 0.179 e. The number of nitrogens with zero attached hydrogens (tertiary/aromatic N) is 1. The molecule has 108 valence electrons. The van der Waals surface area contributed by atoms with Crippen molar-refractivity contribution in [3.05, 3.63) is 24.3 Å². The van der Waals surface area contributed by atoms with E-state index in [1.54, 1.807) is 12.1 Å². The molecule has 0 radical (unpaired) electrons. The van der Waals surface area contributed by atoms with Gasteiger partial charge in [0.1, 0.15) is 5.75 Å². The fourth-order valence-electron chi connectivity index (χ4n) is 1.53. The van der Waals surface area contributed by atoms with E-state index in [0.717, 1.165) is 0 Å². The SMILES string of the molecule is COc1ccc(S(=O)(=O)CCN(CCO)OC)cc1. The first kappa shape index (κ1) is 15.9. The van der Waals surface area contributed by atoms with Crippen molar-refractivity contribution in [1.82, 2.24) is 5.06 Å². The van der Waals surface area contributed by atoms with Gasteiger partial charge in [-0.2, -0.15) is 5.06 Å². The van der Waals surface area contributed by atoms with Crippen molar-refractivity contribution in [2.75, 3.05) is 39.7 Å². The summed E-state index contributed by atoms with van der Waals surface area (Å²) in [5.41, 5.74) is 0. The summed E-state index contributed by atoms with van der Waals surface area (Å²) in [6, 6.07) is 6.23. The second-order valence-electron chi connectivity index (χ2n) is 3.83. The average molecular weight is 289 g/mol. The van der Waals surface area contributed by atoms with Crippen LogP contribution in [0, 0.1) is 0 Å². The molecular formula is C12H19NO5S. The van der Waals surface area contributed by atoms with Crippen LogP contribution in [0.2, 0.25) is 0 Å². The highest BCUT2D eigenvalue weighted by Crippen LogP contribution is 2.16. The number of benzene rings is 1. The molecule has 1 aromatic rings. The summed E-state index contributed by atoms with van der Waals surface area (Å²) in [7, 11) is -0.405. The summed E-state index contributed by atoms with van der Waals surface area (Å²) in [5, 5.41) is 10.2. The number of hydrogen-bond acceptors (Lipinski definition) is 6. The van der Waals surface area contributed by atoms with E-state index < -0.39 is 9.84 Å². The lowest BCUT2D eigenvalue weighted by molar-refractivity contribution is -0.132. The predicted molar refractivity (Wildman–Crippen MR) is 70.7 cm³/mol. The quantitative estimate of drug-likeness (QED) is 0.695. The summed E-state index contributed by atoms with van der Waals surface area (Å²) < 4.78 is 29.1. The summed E-state index contributed by atoms with van der Waals surface area (Å²) in [6.45, 7) is 0.385. The molecule has 0 spiro atoms. The largest absolute Gasteiger partial charge is 0.497 e. The van der Waals surface area contributed by atoms with Crippen LogP contribution in [0.5, 0.6) is 5.75 Å². The number of aliphatic hydroxyl groups excluding tert-OH is 1. The van der Waals surface area contributed by atoms with Gasteiger partial charge in [-0.3, -0.25) is 0 Å². The molecule has 0 aliphatic carbocycles. The third-order valence-corrected chi connectivity index (χ3v) is 4.35. The second kappa shape index (κ2) is 7.44. The fraction of sp³-hybridized carbons (Fsp3) is 0.500. The summed E-state index contributed by atoms with van der Waals surface area (Å²) >= 11 is 0. The summed E-state index contributed by atoms with van der Waals surface area (Å²) in [6.07, 6.45) is 0. The maximum atomic E-state index is 12.1. The Morgan fingerprint density at radius 2 is 1.79 bits per heavy atom. The van der Waals surface area contributed by atoms with Gasteiger partial charge in [0.25, 0.3) is 0 Å². The minimum Gasteiger partial charge on any atom is -0.497 e. The molecule has 0 aliphatic heterocycles. The van der Waals surface area contributed by atoms with E-state index in [0.29, 0.717) is 5.75 Å². The van der Waals surface area contributed by atoms with Gasteiger partial charge in [-0.25, -0.2) is 8.42 Å². The molecule has 0 saturated heterocycles. The van der Waals surface area contributed by atoms with Crippen LogP contribution >= 0.6 is 0 Å². The smallest absolute Gasteiger partial charge is 0.179 e. The van der Waals surface area contributed by atoms with Gasteiger partial charge in [-0.1, -0.05) is 0 Å². The minimum atomic E-state index is -3.37. The van der Waals surface area contributed by atoms with Gasteiger partial charge in [0.15, 0.2) is 9.84 Å². The Hall–Kier alpha value is -1.15. The molecule has 1 N–H and O–H groups in total. The Balaban J connectivity index is 2.69. The van der Waals surface area contributed by atoms with Crippen LogP contribution < -0.4 is 4.74 Å². The van der Waals surface area contributed by atoms with Crippen molar-refractivity contribution in [3.8, 4) is 5.75 Å². The first-order chi connectivity index (χ1) is 9.03. The van der Waals surface area contributed by atoms with Gasteiger partial charge < -0.3 is 14.7 Å². The Bertz CT molecular complexity index is 471. The molecule has 19 heavy (non-hydrogen) atoms. The highest BCUT2D eigenvalue weighted by Gasteiger charge is 2.16. The van der Waals surface area contributed by atoms with Crippen molar-refractivity contribution >= 4 is 9.84 Å². The molecule has 0 atom stereocenters. The highest BCUT2D eigenvalue weighted by molar-refractivity contribution is 7.91. The van der Waals surface area contributed by atoms with Gasteiger partial charge in [0, 0.05) is 13.1 Å². The zero-order chi connectivity index (χ0) is 14.3. The van der Waals surface area contributed by atoms with Gasteiger partial charge in [-0.05, 0) is 24.3 Å². The van der Waals surface area contributed by atoms with Crippen molar-refractivity contribution < 1.29 is 23.1 Å². The van der Waals surface area contributed by atoms with Gasteiger partial charge in [0.05, 0.1) is 31.5 Å². The molecule has 0 aromatic heterocycles. The van der Waals surface area contributed by atoms with Gasteiger partial charge >= 0.3 is 0 Å².